The molecule has 0 bridgehead atoms. The highest BCUT2D eigenvalue weighted by Gasteiger charge is 2.32. The highest BCUT2D eigenvalue weighted by Crippen LogP contribution is 2.30. The van der Waals surface area contributed by atoms with E-state index >= 15 is 0 Å². The number of nitrogens with zero attached hydrogens (tertiary/aromatic N) is 2. The van der Waals surface area contributed by atoms with Gasteiger partial charge in [-0.15, -0.1) is 0 Å². The number of hydrogen-bond acceptors (Lipinski definition) is 3. The van der Waals surface area contributed by atoms with Crippen molar-refractivity contribution in [3.8, 4) is 0 Å². The second-order valence-electron chi connectivity index (χ2n) is 6.40. The van der Waals surface area contributed by atoms with Gasteiger partial charge in [0.15, 0.2) is 0 Å². The van der Waals surface area contributed by atoms with Gasteiger partial charge in [0.05, 0.1) is 6.54 Å². The first-order chi connectivity index (χ1) is 9.49. The van der Waals surface area contributed by atoms with Gasteiger partial charge in [-0.3, -0.25) is 9.59 Å². The molecule has 1 heterocycles. The predicted molar refractivity (Wildman–Crippen MR) is 77.9 cm³/mol. The number of hydrogen-bond donors (Lipinski definition) is 1. The van der Waals surface area contributed by atoms with Crippen LogP contribution >= 0.6 is 0 Å². The molecular weight excluding hydrogens is 254 g/mol. The smallest absolute Gasteiger partial charge is 0.241 e. The van der Waals surface area contributed by atoms with Crippen LogP contribution in [-0.2, 0) is 9.59 Å². The third kappa shape index (κ3) is 3.51. The Balaban J connectivity index is 1.97. The van der Waals surface area contributed by atoms with Gasteiger partial charge in [-0.2, -0.15) is 0 Å². The van der Waals surface area contributed by atoms with Gasteiger partial charge in [0, 0.05) is 32.1 Å². The lowest BCUT2D eigenvalue weighted by atomic mass is 9.78. The van der Waals surface area contributed by atoms with Crippen molar-refractivity contribution in [1.29, 1.82) is 0 Å². The van der Waals surface area contributed by atoms with Gasteiger partial charge in [-0.1, -0.05) is 13.3 Å². The highest BCUT2D eigenvalue weighted by molar-refractivity contribution is 5.86. The summed E-state index contributed by atoms with van der Waals surface area (Å²) in [5.41, 5.74) is 6.02. The van der Waals surface area contributed by atoms with Crippen molar-refractivity contribution < 1.29 is 9.59 Å². The van der Waals surface area contributed by atoms with Crippen molar-refractivity contribution in [2.75, 3.05) is 26.7 Å². The fraction of sp³-hybridized carbons (Fsp3) is 0.867. The molecule has 2 amide bonds. The molecule has 3 unspecified atom stereocenters. The molecule has 0 aromatic carbocycles. The van der Waals surface area contributed by atoms with Crippen LogP contribution in [0, 0.1) is 11.8 Å². The van der Waals surface area contributed by atoms with E-state index in [0.29, 0.717) is 12.5 Å². The predicted octanol–water partition coefficient (Wildman–Crippen LogP) is 0.831. The van der Waals surface area contributed by atoms with Crippen molar-refractivity contribution in [2.24, 2.45) is 17.6 Å². The lowest BCUT2D eigenvalue weighted by Crippen LogP contribution is -2.43. The van der Waals surface area contributed by atoms with Gasteiger partial charge in [-0.25, -0.2) is 0 Å². The molecule has 0 aromatic heterocycles. The number of carbonyl (C=O) groups is 2. The van der Waals surface area contributed by atoms with Crippen LogP contribution in [0.25, 0.3) is 0 Å². The molecule has 0 radical (unpaired) electrons. The minimum Gasteiger partial charge on any atom is -0.344 e. The normalized spacial score (nSPS) is 30.1. The Morgan fingerprint density at radius 3 is 2.75 bits per heavy atom. The lowest BCUT2D eigenvalue weighted by molar-refractivity contribution is -0.142. The summed E-state index contributed by atoms with van der Waals surface area (Å²) < 4.78 is 0. The molecule has 5 heteroatoms. The van der Waals surface area contributed by atoms with Crippen LogP contribution in [0.4, 0.5) is 0 Å². The number of nitrogens with two attached hydrogens (primary N) is 1. The maximum Gasteiger partial charge on any atom is 0.241 e. The Kier molecular flexibility index (Phi) is 5.02. The zero-order valence-corrected chi connectivity index (χ0v) is 12.7. The molecule has 1 aliphatic heterocycles. The molecule has 1 saturated heterocycles. The van der Waals surface area contributed by atoms with E-state index < -0.39 is 0 Å². The fourth-order valence-corrected chi connectivity index (χ4v) is 3.39. The average Bonchev–Trinajstić information content (AvgIpc) is 2.59. The monoisotopic (exact) mass is 281 g/mol. The topological polar surface area (TPSA) is 66.6 Å². The summed E-state index contributed by atoms with van der Waals surface area (Å²) in [6.45, 7) is 3.67. The Morgan fingerprint density at radius 1 is 1.30 bits per heavy atom. The SMILES string of the molecule is CC(C(=O)N1CCCN(C)C(=O)C1)C1CCCC(N)C1. The molecule has 0 aromatic rings. The van der Waals surface area contributed by atoms with Gasteiger partial charge in [0.2, 0.25) is 11.8 Å². The Hall–Kier alpha value is -1.10. The number of amides is 2. The van der Waals surface area contributed by atoms with E-state index in [9.17, 15) is 9.59 Å². The van der Waals surface area contributed by atoms with E-state index in [1.807, 2.05) is 6.92 Å². The van der Waals surface area contributed by atoms with Crippen molar-refractivity contribution >= 4 is 11.8 Å². The molecule has 114 valence electrons. The Morgan fingerprint density at radius 2 is 2.05 bits per heavy atom. The minimum atomic E-state index is -0.0162. The average molecular weight is 281 g/mol. The summed E-state index contributed by atoms with van der Waals surface area (Å²) in [5.74, 6) is 0.538. The van der Waals surface area contributed by atoms with Crippen LogP contribution in [-0.4, -0.2) is 54.3 Å². The van der Waals surface area contributed by atoms with E-state index in [2.05, 4.69) is 0 Å². The summed E-state index contributed by atoms with van der Waals surface area (Å²) in [7, 11) is 1.81. The molecule has 5 nitrogen and oxygen atoms in total. The molecule has 2 rings (SSSR count). The van der Waals surface area contributed by atoms with Crippen molar-refractivity contribution in [1.82, 2.24) is 9.80 Å². The first kappa shape index (κ1) is 15.3. The van der Waals surface area contributed by atoms with Crippen molar-refractivity contribution in [3.05, 3.63) is 0 Å². The fourth-order valence-electron chi connectivity index (χ4n) is 3.39. The first-order valence-electron chi connectivity index (χ1n) is 7.77. The van der Waals surface area contributed by atoms with Crippen LogP contribution < -0.4 is 5.73 Å². The van der Waals surface area contributed by atoms with Crippen LogP contribution in [0.3, 0.4) is 0 Å². The maximum absolute atomic E-state index is 12.6. The minimum absolute atomic E-state index is 0.0162. The van der Waals surface area contributed by atoms with E-state index in [1.54, 1.807) is 16.8 Å². The summed E-state index contributed by atoms with van der Waals surface area (Å²) >= 11 is 0. The van der Waals surface area contributed by atoms with Crippen LogP contribution in [0.2, 0.25) is 0 Å². The summed E-state index contributed by atoms with van der Waals surface area (Å²) in [6, 6.07) is 0.237. The molecule has 1 saturated carbocycles. The maximum atomic E-state index is 12.6. The third-order valence-corrected chi connectivity index (χ3v) is 4.84. The molecule has 0 spiro atoms. The standard InChI is InChI=1S/C15H27N3O2/c1-11(12-5-3-6-13(16)9-12)15(20)18-8-4-7-17(2)14(19)10-18/h11-13H,3-10,16H2,1-2H3. The van der Waals surface area contributed by atoms with Gasteiger partial charge in [-0.05, 0) is 31.6 Å². The first-order valence-corrected chi connectivity index (χ1v) is 7.77. The van der Waals surface area contributed by atoms with Gasteiger partial charge >= 0.3 is 0 Å². The van der Waals surface area contributed by atoms with Crippen LogP contribution in [0.1, 0.15) is 39.0 Å². The van der Waals surface area contributed by atoms with E-state index in [-0.39, 0.29) is 30.3 Å². The summed E-state index contributed by atoms with van der Waals surface area (Å²) in [6.07, 6.45) is 5.08. The molecule has 20 heavy (non-hydrogen) atoms. The van der Waals surface area contributed by atoms with Gasteiger partial charge in [0.1, 0.15) is 0 Å². The lowest BCUT2D eigenvalue weighted by Gasteiger charge is -2.33. The van der Waals surface area contributed by atoms with Crippen LogP contribution in [0.15, 0.2) is 0 Å². The number of carbonyl (C=O) groups excluding carboxylic acids is 2. The zero-order valence-electron chi connectivity index (χ0n) is 12.7. The Bertz CT molecular complexity index is 372. The zero-order chi connectivity index (χ0) is 14.7. The van der Waals surface area contributed by atoms with Gasteiger partial charge in [0.25, 0.3) is 0 Å². The quantitative estimate of drug-likeness (QED) is 0.815. The summed E-state index contributed by atoms with van der Waals surface area (Å²) in [5, 5.41) is 0. The van der Waals surface area contributed by atoms with Crippen LogP contribution in [0.5, 0.6) is 0 Å². The molecule has 2 N–H and O–H groups in total. The van der Waals surface area contributed by atoms with E-state index in [1.165, 1.54) is 0 Å². The largest absolute Gasteiger partial charge is 0.344 e. The summed E-state index contributed by atoms with van der Waals surface area (Å²) in [4.78, 5) is 28.0. The van der Waals surface area contributed by atoms with Gasteiger partial charge < -0.3 is 15.5 Å². The van der Waals surface area contributed by atoms with E-state index in [0.717, 1.165) is 38.6 Å². The molecule has 2 fully saturated rings. The second kappa shape index (κ2) is 6.57. The molecule has 2 aliphatic rings. The Labute approximate surface area is 121 Å². The number of likely N-dealkylation sites (N-methyl/N-ethyl adjacent to an activating group) is 1. The third-order valence-electron chi connectivity index (χ3n) is 4.84. The molecule has 1 aliphatic carbocycles. The number of rotatable bonds is 2. The van der Waals surface area contributed by atoms with Crippen molar-refractivity contribution in [2.45, 2.75) is 45.1 Å². The molecular formula is C15H27N3O2. The van der Waals surface area contributed by atoms with Crippen molar-refractivity contribution in [3.63, 3.8) is 0 Å². The molecule has 3 atom stereocenters. The second-order valence-corrected chi connectivity index (χ2v) is 6.40. The highest BCUT2D eigenvalue weighted by atomic mass is 16.2. The van der Waals surface area contributed by atoms with E-state index in [4.69, 9.17) is 5.73 Å².